The second kappa shape index (κ2) is 6.90. The standard InChI is InChI=1S/C16H16ClN3O/c1-11(19-20-15-8-6-14(17)7-9-15)13-4-3-5-16(10-13)18-12(2)21/h3-10,20H,1-2H3,(H,18,21). The van der Waals surface area contributed by atoms with Crippen LogP contribution >= 0.6 is 11.6 Å². The van der Waals surface area contributed by atoms with Crippen LogP contribution in [-0.4, -0.2) is 11.6 Å². The van der Waals surface area contributed by atoms with E-state index >= 15 is 0 Å². The molecule has 2 aromatic rings. The first-order valence-corrected chi connectivity index (χ1v) is 6.86. The third kappa shape index (κ3) is 4.61. The largest absolute Gasteiger partial charge is 0.326 e. The first-order valence-electron chi connectivity index (χ1n) is 6.48. The molecule has 2 N–H and O–H groups in total. The Hall–Kier alpha value is -2.33. The maximum atomic E-state index is 11.1. The molecule has 2 rings (SSSR count). The van der Waals surface area contributed by atoms with Crippen molar-refractivity contribution in [1.29, 1.82) is 0 Å². The number of hydrogen-bond acceptors (Lipinski definition) is 3. The van der Waals surface area contributed by atoms with Gasteiger partial charge in [0.15, 0.2) is 0 Å². The lowest BCUT2D eigenvalue weighted by Crippen LogP contribution is -2.07. The molecule has 0 saturated heterocycles. The quantitative estimate of drug-likeness (QED) is 0.659. The van der Waals surface area contributed by atoms with Gasteiger partial charge < -0.3 is 5.32 Å². The van der Waals surface area contributed by atoms with Gasteiger partial charge in [0, 0.05) is 17.6 Å². The van der Waals surface area contributed by atoms with E-state index in [2.05, 4.69) is 15.8 Å². The predicted molar refractivity (Wildman–Crippen MR) is 88.0 cm³/mol. The minimum Gasteiger partial charge on any atom is -0.326 e. The molecule has 2 aromatic carbocycles. The molecular weight excluding hydrogens is 286 g/mol. The van der Waals surface area contributed by atoms with Crippen molar-refractivity contribution < 1.29 is 4.79 Å². The molecule has 0 atom stereocenters. The molecule has 0 unspecified atom stereocenters. The topological polar surface area (TPSA) is 53.5 Å². The van der Waals surface area contributed by atoms with Crippen molar-refractivity contribution in [3.05, 3.63) is 59.1 Å². The molecule has 0 aliphatic rings. The van der Waals surface area contributed by atoms with Gasteiger partial charge in [-0.05, 0) is 48.9 Å². The number of halogens is 1. The number of nitrogens with one attached hydrogen (secondary N) is 2. The number of hydrazone groups is 1. The van der Waals surface area contributed by atoms with Crippen LogP contribution in [0.3, 0.4) is 0 Å². The number of carbonyl (C=O) groups is 1. The summed E-state index contributed by atoms with van der Waals surface area (Å²) in [6, 6.07) is 14.8. The van der Waals surface area contributed by atoms with Crippen molar-refractivity contribution in [3.8, 4) is 0 Å². The molecule has 0 bridgehead atoms. The van der Waals surface area contributed by atoms with E-state index in [9.17, 15) is 4.79 Å². The Morgan fingerprint density at radius 2 is 1.76 bits per heavy atom. The molecule has 0 radical (unpaired) electrons. The molecule has 108 valence electrons. The molecule has 0 heterocycles. The molecule has 21 heavy (non-hydrogen) atoms. The highest BCUT2D eigenvalue weighted by Crippen LogP contribution is 2.15. The minimum absolute atomic E-state index is 0.0963. The van der Waals surface area contributed by atoms with Gasteiger partial charge in [0.25, 0.3) is 0 Å². The summed E-state index contributed by atoms with van der Waals surface area (Å²) < 4.78 is 0. The van der Waals surface area contributed by atoms with Gasteiger partial charge in [-0.1, -0.05) is 23.7 Å². The Kier molecular flexibility index (Phi) is 4.95. The lowest BCUT2D eigenvalue weighted by atomic mass is 10.1. The van der Waals surface area contributed by atoms with Crippen molar-refractivity contribution in [2.75, 3.05) is 10.7 Å². The zero-order valence-corrected chi connectivity index (χ0v) is 12.6. The monoisotopic (exact) mass is 301 g/mol. The van der Waals surface area contributed by atoms with Crippen LogP contribution in [0.25, 0.3) is 0 Å². The van der Waals surface area contributed by atoms with Crippen LogP contribution in [0.2, 0.25) is 5.02 Å². The zero-order chi connectivity index (χ0) is 15.2. The van der Waals surface area contributed by atoms with Gasteiger partial charge in [-0.25, -0.2) is 0 Å². The molecule has 0 spiro atoms. The molecule has 0 aliphatic heterocycles. The van der Waals surface area contributed by atoms with Crippen LogP contribution in [0.4, 0.5) is 11.4 Å². The highest BCUT2D eigenvalue weighted by atomic mass is 35.5. The lowest BCUT2D eigenvalue weighted by molar-refractivity contribution is -0.114. The number of amides is 1. The fraction of sp³-hybridized carbons (Fsp3) is 0.125. The van der Waals surface area contributed by atoms with Crippen LogP contribution in [-0.2, 0) is 4.79 Å². The molecular formula is C16H16ClN3O. The molecule has 5 heteroatoms. The second-order valence-electron chi connectivity index (χ2n) is 4.58. The number of benzene rings is 2. The van der Waals surface area contributed by atoms with Crippen molar-refractivity contribution in [3.63, 3.8) is 0 Å². The van der Waals surface area contributed by atoms with E-state index in [4.69, 9.17) is 11.6 Å². The van der Waals surface area contributed by atoms with E-state index in [1.807, 2.05) is 43.3 Å². The summed E-state index contributed by atoms with van der Waals surface area (Å²) in [5.41, 5.74) is 6.33. The van der Waals surface area contributed by atoms with Crippen LogP contribution in [0.1, 0.15) is 19.4 Å². The third-order valence-electron chi connectivity index (χ3n) is 2.80. The lowest BCUT2D eigenvalue weighted by Gasteiger charge is -2.06. The van der Waals surface area contributed by atoms with Gasteiger partial charge in [0.2, 0.25) is 5.91 Å². The highest BCUT2D eigenvalue weighted by molar-refractivity contribution is 6.30. The Morgan fingerprint density at radius 3 is 2.43 bits per heavy atom. The van der Waals surface area contributed by atoms with E-state index in [-0.39, 0.29) is 5.91 Å². The number of nitrogens with zero attached hydrogens (tertiary/aromatic N) is 1. The molecule has 0 aromatic heterocycles. The summed E-state index contributed by atoms with van der Waals surface area (Å²) in [5, 5.41) is 7.76. The predicted octanol–water partition coefficient (Wildman–Crippen LogP) is 4.13. The normalized spacial score (nSPS) is 11.1. The van der Waals surface area contributed by atoms with Crippen molar-refractivity contribution in [2.24, 2.45) is 5.10 Å². The smallest absolute Gasteiger partial charge is 0.221 e. The van der Waals surface area contributed by atoms with E-state index in [1.54, 1.807) is 12.1 Å². The summed E-state index contributed by atoms with van der Waals surface area (Å²) in [4.78, 5) is 11.1. The first kappa shape index (κ1) is 15.1. The van der Waals surface area contributed by atoms with Crippen molar-refractivity contribution in [2.45, 2.75) is 13.8 Å². The molecule has 0 saturated carbocycles. The molecule has 4 nitrogen and oxygen atoms in total. The van der Waals surface area contributed by atoms with Crippen LogP contribution in [0, 0.1) is 0 Å². The average molecular weight is 302 g/mol. The first-order chi connectivity index (χ1) is 10.0. The van der Waals surface area contributed by atoms with Crippen LogP contribution in [0.15, 0.2) is 53.6 Å². The Bertz CT molecular complexity index is 665. The summed E-state index contributed by atoms with van der Waals surface area (Å²) >= 11 is 5.83. The van der Waals surface area contributed by atoms with Gasteiger partial charge in [-0.15, -0.1) is 0 Å². The summed E-state index contributed by atoms with van der Waals surface area (Å²) in [7, 11) is 0. The van der Waals surface area contributed by atoms with Crippen molar-refractivity contribution in [1.82, 2.24) is 0 Å². The van der Waals surface area contributed by atoms with Crippen LogP contribution < -0.4 is 10.7 Å². The van der Waals surface area contributed by atoms with Gasteiger partial charge in [-0.3, -0.25) is 10.2 Å². The Labute approximate surface area is 128 Å². The van der Waals surface area contributed by atoms with Crippen molar-refractivity contribution >= 4 is 34.6 Å². The van der Waals surface area contributed by atoms with E-state index in [0.29, 0.717) is 5.02 Å². The highest BCUT2D eigenvalue weighted by Gasteiger charge is 2.01. The summed E-state index contributed by atoms with van der Waals surface area (Å²) in [6.45, 7) is 3.38. The maximum Gasteiger partial charge on any atom is 0.221 e. The summed E-state index contributed by atoms with van der Waals surface area (Å²) in [5.74, 6) is -0.0963. The van der Waals surface area contributed by atoms with Gasteiger partial charge >= 0.3 is 0 Å². The fourth-order valence-corrected chi connectivity index (χ4v) is 1.89. The number of carbonyl (C=O) groups excluding carboxylic acids is 1. The number of hydrogen-bond donors (Lipinski definition) is 2. The van der Waals surface area contributed by atoms with Crippen LogP contribution in [0.5, 0.6) is 0 Å². The minimum atomic E-state index is -0.0963. The van der Waals surface area contributed by atoms with E-state index in [0.717, 1.165) is 22.6 Å². The zero-order valence-electron chi connectivity index (χ0n) is 11.9. The third-order valence-corrected chi connectivity index (χ3v) is 3.05. The van der Waals surface area contributed by atoms with E-state index in [1.165, 1.54) is 6.92 Å². The Balaban J connectivity index is 2.11. The van der Waals surface area contributed by atoms with Gasteiger partial charge in [-0.2, -0.15) is 5.10 Å². The molecule has 0 fully saturated rings. The molecule has 1 amide bonds. The molecule has 0 aliphatic carbocycles. The fourth-order valence-electron chi connectivity index (χ4n) is 1.76. The maximum absolute atomic E-state index is 11.1. The summed E-state index contributed by atoms with van der Waals surface area (Å²) in [6.07, 6.45) is 0. The number of rotatable bonds is 4. The van der Waals surface area contributed by atoms with Gasteiger partial charge in [0.1, 0.15) is 0 Å². The SMILES string of the molecule is CC(=O)Nc1cccc(C(C)=NNc2ccc(Cl)cc2)c1. The Morgan fingerprint density at radius 1 is 1.05 bits per heavy atom. The van der Waals surface area contributed by atoms with Gasteiger partial charge in [0.05, 0.1) is 11.4 Å². The second-order valence-corrected chi connectivity index (χ2v) is 5.01. The number of anilines is 2. The average Bonchev–Trinajstić information content (AvgIpc) is 2.46. The van der Waals surface area contributed by atoms with E-state index < -0.39 is 0 Å².